The summed E-state index contributed by atoms with van der Waals surface area (Å²) in [5, 5.41) is 8.54. The van der Waals surface area contributed by atoms with Gasteiger partial charge in [0.25, 0.3) is 5.56 Å². The molecule has 0 radical (unpaired) electrons. The summed E-state index contributed by atoms with van der Waals surface area (Å²) >= 11 is 0. The van der Waals surface area contributed by atoms with Crippen LogP contribution in [0.15, 0.2) is 10.9 Å². The average Bonchev–Trinajstić information content (AvgIpc) is 2.52. The first-order valence-electron chi connectivity index (χ1n) is 8.49. The first-order chi connectivity index (χ1) is 11.9. The number of aryl methyl sites for hydroxylation is 1. The molecule has 2 amide bonds. The van der Waals surface area contributed by atoms with Crippen LogP contribution >= 0.6 is 0 Å². The average molecular weight is 350 g/mol. The molecule has 1 saturated heterocycles. The van der Waals surface area contributed by atoms with E-state index >= 15 is 0 Å². The second-order valence-corrected chi connectivity index (χ2v) is 6.35. The van der Waals surface area contributed by atoms with Gasteiger partial charge in [-0.25, -0.2) is 4.98 Å². The van der Waals surface area contributed by atoms with Crippen molar-refractivity contribution in [2.75, 3.05) is 31.5 Å². The summed E-state index contributed by atoms with van der Waals surface area (Å²) < 4.78 is 0. The summed E-state index contributed by atoms with van der Waals surface area (Å²) in [7, 11) is 0. The van der Waals surface area contributed by atoms with Crippen LogP contribution in [0.2, 0.25) is 0 Å². The summed E-state index contributed by atoms with van der Waals surface area (Å²) in [6.07, 6.45) is 0.129. The number of aromatic nitrogens is 2. The van der Waals surface area contributed by atoms with Gasteiger partial charge in [-0.3, -0.25) is 24.3 Å². The van der Waals surface area contributed by atoms with Crippen LogP contribution in [0.1, 0.15) is 26.0 Å². The van der Waals surface area contributed by atoms with Crippen molar-refractivity contribution in [3.8, 4) is 0 Å². The Morgan fingerprint density at radius 1 is 1.40 bits per heavy atom. The molecular formula is C16H26N6O3. The van der Waals surface area contributed by atoms with Crippen molar-refractivity contribution < 1.29 is 9.59 Å². The highest BCUT2D eigenvalue weighted by atomic mass is 16.2. The molecule has 1 aromatic heterocycles. The number of H-pyrrole nitrogens is 1. The number of hydrogen-bond acceptors (Lipinski definition) is 6. The topological polar surface area (TPSA) is 119 Å². The standard InChI is InChI=1S/C16H26N6O3/c1-10(2)22-7-6-18-15(25)12(22)9-13(23)17-4-5-19-16-20-11(3)8-14(24)21-16/h8,10,12H,4-7,9H2,1-3H3,(H,17,23)(H,18,25)(H2,19,20,21,24). The largest absolute Gasteiger partial charge is 0.354 e. The van der Waals surface area contributed by atoms with Crippen LogP contribution in [-0.2, 0) is 9.59 Å². The van der Waals surface area contributed by atoms with Crippen LogP contribution < -0.4 is 21.5 Å². The van der Waals surface area contributed by atoms with E-state index in [0.29, 0.717) is 31.3 Å². The number of nitrogens with one attached hydrogen (secondary N) is 4. The molecule has 2 rings (SSSR count). The number of carbonyl (C=O) groups excluding carboxylic acids is 2. The summed E-state index contributed by atoms with van der Waals surface area (Å²) in [6.45, 7) is 7.91. The first kappa shape index (κ1) is 18.9. The molecule has 9 nitrogen and oxygen atoms in total. The molecule has 0 aliphatic carbocycles. The van der Waals surface area contributed by atoms with Crippen molar-refractivity contribution in [2.24, 2.45) is 0 Å². The van der Waals surface area contributed by atoms with Crippen molar-refractivity contribution in [1.29, 1.82) is 0 Å². The Balaban J connectivity index is 1.78. The van der Waals surface area contributed by atoms with Crippen LogP contribution in [-0.4, -0.2) is 64.9 Å². The molecule has 1 aliphatic heterocycles. The fraction of sp³-hybridized carbons (Fsp3) is 0.625. The van der Waals surface area contributed by atoms with E-state index in [1.807, 2.05) is 18.7 Å². The van der Waals surface area contributed by atoms with E-state index in [2.05, 4.69) is 25.9 Å². The lowest BCUT2D eigenvalue weighted by molar-refractivity contribution is -0.134. The second-order valence-electron chi connectivity index (χ2n) is 6.35. The number of aromatic amines is 1. The number of nitrogens with zero attached hydrogens (tertiary/aromatic N) is 2. The van der Waals surface area contributed by atoms with Crippen LogP contribution in [0.25, 0.3) is 0 Å². The van der Waals surface area contributed by atoms with Gasteiger partial charge in [0.1, 0.15) is 0 Å². The van der Waals surface area contributed by atoms with Gasteiger partial charge < -0.3 is 16.0 Å². The quantitative estimate of drug-likeness (QED) is 0.478. The fourth-order valence-corrected chi connectivity index (χ4v) is 2.85. The highest BCUT2D eigenvalue weighted by Crippen LogP contribution is 2.12. The van der Waals surface area contributed by atoms with Crippen LogP contribution in [0.4, 0.5) is 5.95 Å². The molecule has 0 saturated carbocycles. The highest BCUT2D eigenvalue weighted by molar-refractivity contribution is 5.88. The number of amides is 2. The second kappa shape index (κ2) is 8.61. The number of anilines is 1. The molecule has 1 fully saturated rings. The van der Waals surface area contributed by atoms with Crippen molar-refractivity contribution in [2.45, 2.75) is 39.3 Å². The zero-order valence-corrected chi connectivity index (χ0v) is 14.9. The third-order valence-electron chi connectivity index (χ3n) is 4.02. The molecule has 9 heteroatoms. The first-order valence-corrected chi connectivity index (χ1v) is 8.49. The Morgan fingerprint density at radius 3 is 2.84 bits per heavy atom. The molecule has 25 heavy (non-hydrogen) atoms. The monoisotopic (exact) mass is 350 g/mol. The van der Waals surface area contributed by atoms with E-state index in [-0.39, 0.29) is 29.8 Å². The summed E-state index contributed by atoms with van der Waals surface area (Å²) in [6, 6.07) is 1.18. The number of piperazine rings is 1. The zero-order chi connectivity index (χ0) is 18.4. The summed E-state index contributed by atoms with van der Waals surface area (Å²) in [4.78, 5) is 44.3. The summed E-state index contributed by atoms with van der Waals surface area (Å²) in [5.41, 5.74) is 0.392. The van der Waals surface area contributed by atoms with Gasteiger partial charge in [0.2, 0.25) is 17.8 Å². The molecule has 1 aromatic rings. The van der Waals surface area contributed by atoms with Gasteiger partial charge in [-0.05, 0) is 20.8 Å². The Labute approximate surface area is 146 Å². The molecule has 138 valence electrons. The van der Waals surface area contributed by atoms with Crippen molar-refractivity contribution in [3.63, 3.8) is 0 Å². The lowest BCUT2D eigenvalue weighted by atomic mass is 10.1. The molecule has 1 aliphatic rings. The third kappa shape index (κ3) is 5.56. The third-order valence-corrected chi connectivity index (χ3v) is 4.02. The van der Waals surface area contributed by atoms with Gasteiger partial charge in [-0.2, -0.15) is 0 Å². The minimum atomic E-state index is -0.434. The smallest absolute Gasteiger partial charge is 0.252 e. The van der Waals surface area contributed by atoms with Crippen molar-refractivity contribution in [1.82, 2.24) is 25.5 Å². The van der Waals surface area contributed by atoms with E-state index < -0.39 is 6.04 Å². The fourth-order valence-electron chi connectivity index (χ4n) is 2.85. The Hall–Kier alpha value is -2.42. The normalized spacial score (nSPS) is 18.1. The number of carbonyl (C=O) groups is 2. The Kier molecular flexibility index (Phi) is 6.51. The Bertz CT molecular complexity index is 672. The maximum Gasteiger partial charge on any atom is 0.252 e. The van der Waals surface area contributed by atoms with Gasteiger partial charge in [-0.15, -0.1) is 0 Å². The maximum absolute atomic E-state index is 12.1. The SMILES string of the molecule is Cc1cc(=O)[nH]c(NCCNC(=O)CC2C(=O)NCCN2C(C)C)n1. The van der Waals surface area contributed by atoms with E-state index in [9.17, 15) is 14.4 Å². The van der Waals surface area contributed by atoms with Crippen molar-refractivity contribution >= 4 is 17.8 Å². The minimum Gasteiger partial charge on any atom is -0.354 e. The molecular weight excluding hydrogens is 324 g/mol. The highest BCUT2D eigenvalue weighted by Gasteiger charge is 2.32. The number of hydrogen-bond donors (Lipinski definition) is 4. The predicted octanol–water partition coefficient (Wildman–Crippen LogP) is -0.795. The lowest BCUT2D eigenvalue weighted by Crippen LogP contribution is -2.58. The number of rotatable bonds is 7. The van der Waals surface area contributed by atoms with Gasteiger partial charge >= 0.3 is 0 Å². The van der Waals surface area contributed by atoms with E-state index in [1.165, 1.54) is 6.07 Å². The van der Waals surface area contributed by atoms with Gasteiger partial charge in [0.15, 0.2) is 0 Å². The van der Waals surface area contributed by atoms with E-state index in [4.69, 9.17) is 0 Å². The maximum atomic E-state index is 12.1. The van der Waals surface area contributed by atoms with Gasteiger partial charge in [0.05, 0.1) is 12.5 Å². The van der Waals surface area contributed by atoms with Crippen LogP contribution in [0.3, 0.4) is 0 Å². The zero-order valence-electron chi connectivity index (χ0n) is 14.9. The predicted molar refractivity (Wildman–Crippen MR) is 94.4 cm³/mol. The van der Waals surface area contributed by atoms with Crippen molar-refractivity contribution in [3.05, 3.63) is 22.1 Å². The molecule has 1 unspecified atom stereocenters. The molecule has 0 aromatic carbocycles. The molecule has 0 bridgehead atoms. The summed E-state index contributed by atoms with van der Waals surface area (Å²) in [5.74, 6) is 0.0897. The van der Waals surface area contributed by atoms with E-state index in [0.717, 1.165) is 6.54 Å². The van der Waals surface area contributed by atoms with Gasteiger partial charge in [-0.1, -0.05) is 0 Å². The molecule has 1 atom stereocenters. The van der Waals surface area contributed by atoms with Gasteiger partial charge in [0, 0.05) is 44.0 Å². The minimum absolute atomic E-state index is 0.102. The van der Waals surface area contributed by atoms with Crippen LogP contribution in [0.5, 0.6) is 0 Å². The molecule has 4 N–H and O–H groups in total. The van der Waals surface area contributed by atoms with Crippen LogP contribution in [0, 0.1) is 6.92 Å². The molecule has 0 spiro atoms. The Morgan fingerprint density at radius 2 is 2.16 bits per heavy atom. The molecule has 2 heterocycles. The lowest BCUT2D eigenvalue weighted by Gasteiger charge is -2.37. The van der Waals surface area contributed by atoms with E-state index in [1.54, 1.807) is 6.92 Å².